The standard InChI is InChI=1S/C16H15ClN2O2/c17-13-7-4-8-14(10-13)19-16(21)11-18-15(20)9-12-5-2-1-3-6-12/h1-8,10H,9,11H2,(H,18,20)(H,19,21). The highest BCUT2D eigenvalue weighted by Gasteiger charge is 2.07. The lowest BCUT2D eigenvalue weighted by molar-refractivity contribution is -0.123. The SMILES string of the molecule is O=C(Cc1ccccc1)NCC(=O)Nc1cccc(Cl)c1. The van der Waals surface area contributed by atoms with Gasteiger partial charge in [-0.05, 0) is 23.8 Å². The topological polar surface area (TPSA) is 58.2 Å². The van der Waals surface area contributed by atoms with Gasteiger partial charge in [0.2, 0.25) is 11.8 Å². The lowest BCUT2D eigenvalue weighted by Gasteiger charge is -2.07. The summed E-state index contributed by atoms with van der Waals surface area (Å²) in [5, 5.41) is 5.79. The molecule has 0 bridgehead atoms. The van der Waals surface area contributed by atoms with E-state index in [1.807, 2.05) is 30.3 Å². The molecule has 0 aliphatic carbocycles. The number of nitrogens with one attached hydrogen (secondary N) is 2. The van der Waals surface area contributed by atoms with E-state index in [4.69, 9.17) is 11.6 Å². The first-order valence-corrected chi connectivity index (χ1v) is 6.87. The van der Waals surface area contributed by atoms with E-state index in [1.165, 1.54) is 0 Å². The van der Waals surface area contributed by atoms with Crippen molar-refractivity contribution in [1.29, 1.82) is 0 Å². The van der Waals surface area contributed by atoms with Crippen LogP contribution in [-0.4, -0.2) is 18.4 Å². The number of rotatable bonds is 5. The van der Waals surface area contributed by atoms with Gasteiger partial charge in [-0.25, -0.2) is 0 Å². The summed E-state index contributed by atoms with van der Waals surface area (Å²) in [4.78, 5) is 23.4. The van der Waals surface area contributed by atoms with Gasteiger partial charge in [-0.2, -0.15) is 0 Å². The second-order valence-corrected chi connectivity index (χ2v) is 4.93. The van der Waals surface area contributed by atoms with Crippen molar-refractivity contribution in [3.63, 3.8) is 0 Å². The third kappa shape index (κ3) is 5.28. The van der Waals surface area contributed by atoms with Crippen LogP contribution >= 0.6 is 11.6 Å². The molecule has 0 spiro atoms. The average Bonchev–Trinajstić information content (AvgIpc) is 2.46. The zero-order valence-corrected chi connectivity index (χ0v) is 12.1. The first-order chi connectivity index (χ1) is 10.1. The summed E-state index contributed by atoms with van der Waals surface area (Å²) >= 11 is 5.83. The lowest BCUT2D eigenvalue weighted by atomic mass is 10.1. The molecule has 0 saturated carbocycles. The van der Waals surface area contributed by atoms with E-state index in [0.717, 1.165) is 5.56 Å². The van der Waals surface area contributed by atoms with E-state index in [1.54, 1.807) is 24.3 Å². The Labute approximate surface area is 128 Å². The highest BCUT2D eigenvalue weighted by Crippen LogP contribution is 2.14. The van der Waals surface area contributed by atoms with Crippen LogP contribution in [0.3, 0.4) is 0 Å². The molecule has 2 aromatic carbocycles. The maximum absolute atomic E-state index is 11.7. The summed E-state index contributed by atoms with van der Waals surface area (Å²) in [6.07, 6.45) is 0.255. The van der Waals surface area contributed by atoms with Crippen molar-refractivity contribution in [2.45, 2.75) is 6.42 Å². The number of hydrogen-bond acceptors (Lipinski definition) is 2. The average molecular weight is 303 g/mol. The predicted octanol–water partition coefficient (Wildman–Crippen LogP) is 2.64. The number of carbonyl (C=O) groups is 2. The van der Waals surface area contributed by atoms with Gasteiger partial charge in [0, 0.05) is 10.7 Å². The molecule has 4 nitrogen and oxygen atoms in total. The summed E-state index contributed by atoms with van der Waals surface area (Å²) in [6, 6.07) is 16.2. The zero-order chi connectivity index (χ0) is 15.1. The Bertz CT molecular complexity index is 629. The molecule has 21 heavy (non-hydrogen) atoms. The molecule has 0 aromatic heterocycles. The van der Waals surface area contributed by atoms with Crippen LogP contribution in [0.1, 0.15) is 5.56 Å². The van der Waals surface area contributed by atoms with Crippen molar-refractivity contribution in [1.82, 2.24) is 5.32 Å². The molecule has 0 atom stereocenters. The minimum atomic E-state index is -0.293. The van der Waals surface area contributed by atoms with Crippen LogP contribution in [0.15, 0.2) is 54.6 Å². The van der Waals surface area contributed by atoms with Crippen LogP contribution in [0, 0.1) is 0 Å². The molecule has 5 heteroatoms. The van der Waals surface area contributed by atoms with Gasteiger partial charge in [-0.3, -0.25) is 9.59 Å². The molecule has 2 amide bonds. The van der Waals surface area contributed by atoms with Crippen molar-refractivity contribution in [3.8, 4) is 0 Å². The van der Waals surface area contributed by atoms with Crippen molar-refractivity contribution >= 4 is 29.1 Å². The normalized spacial score (nSPS) is 9.95. The number of hydrogen-bond donors (Lipinski definition) is 2. The van der Waals surface area contributed by atoms with Crippen molar-refractivity contribution in [2.24, 2.45) is 0 Å². The summed E-state index contributed by atoms with van der Waals surface area (Å²) in [7, 11) is 0. The fraction of sp³-hybridized carbons (Fsp3) is 0.125. The number of amides is 2. The summed E-state index contributed by atoms with van der Waals surface area (Å²) < 4.78 is 0. The number of carbonyl (C=O) groups excluding carboxylic acids is 2. The Balaban J connectivity index is 1.77. The Morgan fingerprint density at radius 3 is 2.43 bits per heavy atom. The van der Waals surface area contributed by atoms with Gasteiger partial charge >= 0.3 is 0 Å². The van der Waals surface area contributed by atoms with Gasteiger partial charge in [0.05, 0.1) is 13.0 Å². The van der Waals surface area contributed by atoms with Crippen LogP contribution in [0.4, 0.5) is 5.69 Å². The van der Waals surface area contributed by atoms with Gasteiger partial charge in [0.1, 0.15) is 0 Å². The second kappa shape index (κ2) is 7.45. The summed E-state index contributed by atoms with van der Waals surface area (Å²) in [5.41, 5.74) is 1.51. The summed E-state index contributed by atoms with van der Waals surface area (Å²) in [6.45, 7) is -0.0712. The van der Waals surface area contributed by atoms with Gasteiger partial charge in [0.25, 0.3) is 0 Å². The van der Waals surface area contributed by atoms with Crippen molar-refractivity contribution in [2.75, 3.05) is 11.9 Å². The van der Waals surface area contributed by atoms with Crippen LogP contribution in [-0.2, 0) is 16.0 Å². The molecule has 108 valence electrons. The van der Waals surface area contributed by atoms with E-state index >= 15 is 0 Å². The third-order valence-electron chi connectivity index (χ3n) is 2.76. The molecule has 2 rings (SSSR count). The fourth-order valence-electron chi connectivity index (χ4n) is 1.79. The Morgan fingerprint density at radius 1 is 0.952 bits per heavy atom. The Morgan fingerprint density at radius 2 is 1.71 bits per heavy atom. The molecule has 0 fully saturated rings. The number of benzene rings is 2. The third-order valence-corrected chi connectivity index (χ3v) is 3.00. The minimum absolute atomic E-state index is 0.0712. The molecule has 0 aliphatic rings. The van der Waals surface area contributed by atoms with Crippen LogP contribution in [0.25, 0.3) is 0 Å². The lowest BCUT2D eigenvalue weighted by Crippen LogP contribution is -2.33. The molecule has 2 N–H and O–H groups in total. The van der Waals surface area contributed by atoms with E-state index in [2.05, 4.69) is 10.6 Å². The van der Waals surface area contributed by atoms with Gasteiger partial charge in [-0.15, -0.1) is 0 Å². The van der Waals surface area contributed by atoms with Crippen molar-refractivity contribution < 1.29 is 9.59 Å². The fourth-order valence-corrected chi connectivity index (χ4v) is 1.98. The first kappa shape index (κ1) is 15.1. The molecule has 0 saturated heterocycles. The quantitative estimate of drug-likeness (QED) is 0.892. The zero-order valence-electron chi connectivity index (χ0n) is 11.3. The van der Waals surface area contributed by atoms with E-state index in [9.17, 15) is 9.59 Å². The maximum atomic E-state index is 11.7. The molecule has 0 aliphatic heterocycles. The Kier molecular flexibility index (Phi) is 5.35. The Hall–Kier alpha value is -2.33. The van der Waals surface area contributed by atoms with Crippen molar-refractivity contribution in [3.05, 3.63) is 65.2 Å². The highest BCUT2D eigenvalue weighted by atomic mass is 35.5. The maximum Gasteiger partial charge on any atom is 0.243 e. The van der Waals surface area contributed by atoms with Crippen LogP contribution in [0.5, 0.6) is 0 Å². The molecular formula is C16H15ClN2O2. The van der Waals surface area contributed by atoms with Gasteiger partial charge in [-0.1, -0.05) is 48.0 Å². The van der Waals surface area contributed by atoms with Gasteiger partial charge < -0.3 is 10.6 Å². The first-order valence-electron chi connectivity index (χ1n) is 6.49. The van der Waals surface area contributed by atoms with Crippen LogP contribution < -0.4 is 10.6 Å². The smallest absolute Gasteiger partial charge is 0.243 e. The van der Waals surface area contributed by atoms with E-state index in [0.29, 0.717) is 10.7 Å². The predicted molar refractivity (Wildman–Crippen MR) is 83.2 cm³/mol. The molecule has 0 radical (unpaired) electrons. The van der Waals surface area contributed by atoms with E-state index < -0.39 is 0 Å². The largest absolute Gasteiger partial charge is 0.347 e. The summed E-state index contributed by atoms with van der Waals surface area (Å²) in [5.74, 6) is -0.485. The van der Waals surface area contributed by atoms with Gasteiger partial charge in [0.15, 0.2) is 0 Å². The number of anilines is 1. The monoisotopic (exact) mass is 302 g/mol. The van der Waals surface area contributed by atoms with Crippen LogP contribution in [0.2, 0.25) is 5.02 Å². The molecule has 0 heterocycles. The molecular weight excluding hydrogens is 288 g/mol. The highest BCUT2D eigenvalue weighted by molar-refractivity contribution is 6.30. The molecule has 0 unspecified atom stereocenters. The molecule has 2 aromatic rings. The number of halogens is 1. The van der Waals surface area contributed by atoms with E-state index in [-0.39, 0.29) is 24.8 Å². The second-order valence-electron chi connectivity index (χ2n) is 4.50. The minimum Gasteiger partial charge on any atom is -0.347 e.